The molecule has 1 radical (unpaired) electrons. The molecule has 7 nitrogen and oxygen atoms in total. The van der Waals surface area contributed by atoms with Gasteiger partial charge in [0, 0.05) is 29.6 Å². The van der Waals surface area contributed by atoms with Gasteiger partial charge in [0.25, 0.3) is 12.1 Å². The summed E-state index contributed by atoms with van der Waals surface area (Å²) in [5.74, 6) is -1.18. The number of aromatic nitrogens is 4. The van der Waals surface area contributed by atoms with Crippen LogP contribution in [0.4, 0.5) is 0 Å². The Morgan fingerprint density at radius 1 is 1.73 bits per heavy atom. The van der Waals surface area contributed by atoms with E-state index in [0.717, 1.165) is 0 Å². The van der Waals surface area contributed by atoms with Crippen molar-refractivity contribution in [2.75, 3.05) is 0 Å². The number of hydrogen-bond acceptors (Lipinski definition) is 6. The molecule has 1 N–H and O–H groups in total. The largest absolute Gasteiger partial charge is 0.395 e. The fourth-order valence-corrected chi connectivity index (χ4v) is 0.335. The number of nitriles is 1. The molecular weight excluding hydrogens is 161 g/mol. The second-order valence-corrected chi connectivity index (χ2v) is 1.22. The summed E-state index contributed by atoms with van der Waals surface area (Å²) in [5.41, 5.74) is 0. The molecule has 0 saturated heterocycles. The summed E-state index contributed by atoms with van der Waals surface area (Å²) in [6.45, 7) is 0. The zero-order valence-corrected chi connectivity index (χ0v) is 7.61. The number of aromatic amines is 1. The Kier molecular flexibility index (Phi) is 4.36. The fraction of sp³-hybridized carbons (Fsp3) is 0. The van der Waals surface area contributed by atoms with Crippen LogP contribution in [0, 0.1) is 11.5 Å². The molecule has 51 valence electrons. The average Bonchev–Trinajstić information content (AvgIpc) is 2.38. The smallest absolute Gasteiger partial charge is 0.344 e. The minimum Gasteiger partial charge on any atom is -0.344 e. The predicted molar refractivity (Wildman–Crippen MR) is 31.0 cm³/mol. The third kappa shape index (κ3) is 2.63. The maximum atomic E-state index is 10.5. The van der Waals surface area contributed by atoms with Gasteiger partial charge in [-0.3, -0.25) is 0 Å². The van der Waals surface area contributed by atoms with Crippen LogP contribution in [0.15, 0.2) is 0 Å². The first-order chi connectivity index (χ1) is 4.84. The van der Waals surface area contributed by atoms with E-state index < -0.39 is 5.97 Å². The van der Waals surface area contributed by atoms with Crippen molar-refractivity contribution in [1.29, 1.82) is 5.26 Å². The molecule has 0 aliphatic rings. The minimum atomic E-state index is -0.920. The number of tetrazole rings is 1. The molecule has 11 heavy (non-hydrogen) atoms. The Labute approximate surface area is 83.0 Å². The molecule has 0 aromatic carbocycles. The average molecular weight is 162 g/mol. The van der Waals surface area contributed by atoms with Gasteiger partial charge >= 0.3 is 5.97 Å². The Bertz CT molecular complexity index is 264. The third-order valence-electron chi connectivity index (χ3n) is 0.666. The molecule has 0 saturated carbocycles. The molecule has 0 amide bonds. The van der Waals surface area contributed by atoms with Crippen molar-refractivity contribution in [3.8, 4) is 6.26 Å². The number of H-pyrrole nitrogens is 1. The van der Waals surface area contributed by atoms with E-state index in [1.807, 2.05) is 5.21 Å². The van der Waals surface area contributed by atoms with Gasteiger partial charge < -0.3 is 4.74 Å². The van der Waals surface area contributed by atoms with E-state index in [-0.39, 0.29) is 35.4 Å². The van der Waals surface area contributed by atoms with Gasteiger partial charge in [0.2, 0.25) is 0 Å². The summed E-state index contributed by atoms with van der Waals surface area (Å²) in [6, 6.07) is 0. The van der Waals surface area contributed by atoms with E-state index in [9.17, 15) is 4.79 Å². The Balaban J connectivity index is 0.000001000. The first-order valence-electron chi connectivity index (χ1n) is 2.18. The van der Waals surface area contributed by atoms with Gasteiger partial charge in [-0.2, -0.15) is 5.21 Å². The zero-order chi connectivity index (χ0) is 7.40. The van der Waals surface area contributed by atoms with Crippen LogP contribution < -0.4 is 0 Å². The van der Waals surface area contributed by atoms with Gasteiger partial charge in [0.15, 0.2) is 0 Å². The first-order valence-corrected chi connectivity index (χ1v) is 2.18. The van der Waals surface area contributed by atoms with Gasteiger partial charge in [-0.25, -0.2) is 4.79 Å². The van der Waals surface area contributed by atoms with Crippen LogP contribution in [0.3, 0.4) is 0 Å². The SMILES string of the molecule is N#COC(=O)c1nn[nH]n1.[Na]. The van der Waals surface area contributed by atoms with Crippen LogP contribution >= 0.6 is 0 Å². The molecule has 1 heterocycles. The van der Waals surface area contributed by atoms with Gasteiger partial charge in [-0.1, -0.05) is 0 Å². The molecular formula is C3HN5NaO2. The van der Waals surface area contributed by atoms with Crippen LogP contribution in [-0.4, -0.2) is 56.2 Å². The normalized spacial score (nSPS) is 7.55. The summed E-state index contributed by atoms with van der Waals surface area (Å²) >= 11 is 0. The maximum absolute atomic E-state index is 10.5. The van der Waals surface area contributed by atoms with Crippen LogP contribution in [0.1, 0.15) is 10.6 Å². The molecule has 0 atom stereocenters. The predicted octanol–water partition coefficient (Wildman–Crippen LogP) is -1.54. The van der Waals surface area contributed by atoms with E-state index in [0.29, 0.717) is 0 Å². The van der Waals surface area contributed by atoms with Crippen molar-refractivity contribution >= 4 is 35.5 Å². The van der Waals surface area contributed by atoms with Crippen molar-refractivity contribution in [3.63, 3.8) is 0 Å². The van der Waals surface area contributed by atoms with E-state index in [4.69, 9.17) is 5.26 Å². The number of ether oxygens (including phenoxy) is 1. The van der Waals surface area contributed by atoms with Gasteiger partial charge in [-0.15, -0.1) is 15.5 Å². The second kappa shape index (κ2) is 4.79. The molecule has 1 rings (SSSR count). The topological polar surface area (TPSA) is 105 Å². The summed E-state index contributed by atoms with van der Waals surface area (Å²) in [4.78, 5) is 10.5. The van der Waals surface area contributed by atoms with Crippen LogP contribution in [0.25, 0.3) is 0 Å². The number of hydrogen-bond donors (Lipinski definition) is 1. The monoisotopic (exact) mass is 162 g/mol. The van der Waals surface area contributed by atoms with E-state index in [1.54, 1.807) is 0 Å². The standard InChI is InChI=1S/C3HN5O2.Na/c4-1-10-3(9)2-5-7-8-6-2;/h(H,5,6,7,8);. The Hall–Kier alpha value is -0.970. The minimum absolute atomic E-state index is 0. The molecule has 0 aliphatic carbocycles. The summed E-state index contributed by atoms with van der Waals surface area (Å²) in [5, 5.41) is 19.5. The number of esters is 1. The number of carbonyl (C=O) groups excluding carboxylic acids is 1. The summed E-state index contributed by atoms with van der Waals surface area (Å²) in [6.07, 6.45) is 1.18. The molecule has 0 fully saturated rings. The third-order valence-corrected chi connectivity index (χ3v) is 0.666. The zero-order valence-electron chi connectivity index (χ0n) is 5.61. The molecule has 0 unspecified atom stereocenters. The van der Waals surface area contributed by atoms with Gasteiger partial charge in [0.05, 0.1) is 0 Å². The molecule has 0 aliphatic heterocycles. The molecule has 1 aromatic heterocycles. The van der Waals surface area contributed by atoms with Crippen LogP contribution in [0.2, 0.25) is 0 Å². The van der Waals surface area contributed by atoms with Crippen molar-refractivity contribution in [2.24, 2.45) is 0 Å². The van der Waals surface area contributed by atoms with Crippen molar-refractivity contribution in [3.05, 3.63) is 5.82 Å². The fourth-order valence-electron chi connectivity index (χ4n) is 0.335. The molecule has 0 bridgehead atoms. The number of nitrogens with zero attached hydrogens (tertiary/aromatic N) is 4. The van der Waals surface area contributed by atoms with Crippen molar-refractivity contribution in [1.82, 2.24) is 20.6 Å². The number of rotatable bonds is 1. The Morgan fingerprint density at radius 2 is 2.45 bits per heavy atom. The number of nitrogens with one attached hydrogen (secondary N) is 1. The molecule has 1 aromatic rings. The van der Waals surface area contributed by atoms with Crippen molar-refractivity contribution < 1.29 is 9.53 Å². The number of carbonyl (C=O) groups is 1. The van der Waals surface area contributed by atoms with Gasteiger partial charge in [-0.05, 0) is 5.21 Å². The maximum Gasteiger partial charge on any atom is 0.395 e. The van der Waals surface area contributed by atoms with E-state index in [1.165, 1.54) is 6.26 Å². The first kappa shape index (κ1) is 10.0. The summed E-state index contributed by atoms with van der Waals surface area (Å²) < 4.78 is 3.87. The summed E-state index contributed by atoms with van der Waals surface area (Å²) in [7, 11) is 0. The quantitative estimate of drug-likeness (QED) is 0.304. The van der Waals surface area contributed by atoms with Crippen LogP contribution in [0.5, 0.6) is 0 Å². The second-order valence-electron chi connectivity index (χ2n) is 1.22. The Morgan fingerprint density at radius 3 is 2.91 bits per heavy atom. The van der Waals surface area contributed by atoms with E-state index >= 15 is 0 Å². The van der Waals surface area contributed by atoms with Crippen molar-refractivity contribution in [2.45, 2.75) is 0 Å². The molecule has 8 heteroatoms. The molecule has 0 spiro atoms. The van der Waals surface area contributed by atoms with Crippen LogP contribution in [-0.2, 0) is 4.74 Å². The van der Waals surface area contributed by atoms with Gasteiger partial charge in [0.1, 0.15) is 0 Å². The van der Waals surface area contributed by atoms with E-state index in [2.05, 4.69) is 20.1 Å².